The molecule has 2 fully saturated rings. The van der Waals surface area contributed by atoms with E-state index >= 15 is 0 Å². The van der Waals surface area contributed by atoms with Crippen molar-refractivity contribution in [1.82, 2.24) is 4.98 Å². The van der Waals surface area contributed by atoms with Crippen LogP contribution in [-0.2, 0) is 9.47 Å². The predicted molar refractivity (Wildman–Crippen MR) is 72.6 cm³/mol. The van der Waals surface area contributed by atoms with E-state index in [4.69, 9.17) is 9.47 Å². The molecule has 1 spiro atoms. The number of aromatic nitrogens is 1. The first kappa shape index (κ1) is 12.4. The van der Waals surface area contributed by atoms with Gasteiger partial charge in [0.25, 0.3) is 0 Å². The maximum absolute atomic E-state index is 5.92. The molecule has 98 valence electrons. The fraction of sp³-hybridized carbons (Fsp3) is 0.615. The number of nitrogens with zero attached hydrogens (tertiary/aromatic N) is 2. The lowest BCUT2D eigenvalue weighted by molar-refractivity contribution is -0.178. The highest BCUT2D eigenvalue weighted by molar-refractivity contribution is 9.10. The summed E-state index contributed by atoms with van der Waals surface area (Å²) in [6.07, 6.45) is 5.78. The lowest BCUT2D eigenvalue weighted by Gasteiger charge is -2.38. The van der Waals surface area contributed by atoms with Crippen molar-refractivity contribution in [3.05, 3.63) is 22.9 Å². The minimum atomic E-state index is -0.324. The zero-order chi connectivity index (χ0) is 12.6. The first-order chi connectivity index (χ1) is 8.67. The first-order valence-corrected chi connectivity index (χ1v) is 7.13. The molecule has 18 heavy (non-hydrogen) atoms. The fourth-order valence-electron chi connectivity index (χ4n) is 2.65. The summed E-state index contributed by atoms with van der Waals surface area (Å²) in [5, 5.41) is 0. The summed E-state index contributed by atoms with van der Waals surface area (Å²) in [5.74, 6) is -0.324. The Morgan fingerprint density at radius 1 is 1.39 bits per heavy atom. The van der Waals surface area contributed by atoms with Crippen LogP contribution in [0, 0.1) is 0 Å². The van der Waals surface area contributed by atoms with Crippen molar-refractivity contribution < 1.29 is 9.47 Å². The third-order valence-electron chi connectivity index (χ3n) is 3.58. The number of halogens is 1. The molecule has 2 saturated heterocycles. The standard InChI is InChI=1S/C13H17BrN2O2/c1-10-9-17-13(18-10)2-4-16(5-3-13)12-6-11(14)7-15-8-12/h6-8,10H,2-5,9H2,1H3/t10-/m0/s1. The SMILES string of the molecule is C[C@H]1COC2(CCN(c3cncc(Br)c3)CC2)O1. The van der Waals surface area contributed by atoms with Gasteiger partial charge in [0.05, 0.1) is 24.6 Å². The molecule has 2 aliphatic heterocycles. The van der Waals surface area contributed by atoms with E-state index in [2.05, 4.69) is 38.8 Å². The molecule has 4 nitrogen and oxygen atoms in total. The van der Waals surface area contributed by atoms with Crippen molar-refractivity contribution in [2.75, 3.05) is 24.6 Å². The smallest absolute Gasteiger partial charge is 0.172 e. The largest absolute Gasteiger partial charge is 0.370 e. The molecule has 2 aliphatic rings. The number of pyridine rings is 1. The Kier molecular flexibility index (Phi) is 3.30. The van der Waals surface area contributed by atoms with E-state index in [1.807, 2.05) is 6.20 Å². The van der Waals surface area contributed by atoms with Gasteiger partial charge in [-0.1, -0.05) is 0 Å². The molecule has 5 heteroatoms. The average molecular weight is 313 g/mol. The van der Waals surface area contributed by atoms with E-state index in [9.17, 15) is 0 Å². The van der Waals surface area contributed by atoms with Crippen molar-refractivity contribution in [3.63, 3.8) is 0 Å². The summed E-state index contributed by atoms with van der Waals surface area (Å²) in [4.78, 5) is 6.54. The van der Waals surface area contributed by atoms with E-state index < -0.39 is 0 Å². The van der Waals surface area contributed by atoms with E-state index in [0.717, 1.165) is 42.7 Å². The monoisotopic (exact) mass is 312 g/mol. The summed E-state index contributed by atoms with van der Waals surface area (Å²) in [7, 11) is 0. The second-order valence-electron chi connectivity index (χ2n) is 5.00. The number of piperidine rings is 1. The zero-order valence-corrected chi connectivity index (χ0v) is 12.0. The predicted octanol–water partition coefficient (Wildman–Crippen LogP) is 2.58. The van der Waals surface area contributed by atoms with Crippen LogP contribution in [0.4, 0.5) is 5.69 Å². The Morgan fingerprint density at radius 2 is 2.17 bits per heavy atom. The molecule has 3 rings (SSSR count). The Balaban J connectivity index is 1.67. The van der Waals surface area contributed by atoms with Crippen LogP contribution in [0.25, 0.3) is 0 Å². The molecule has 3 heterocycles. The molecule has 0 aliphatic carbocycles. The van der Waals surface area contributed by atoms with Gasteiger partial charge in [-0.25, -0.2) is 0 Å². The molecule has 0 radical (unpaired) electrons. The number of ether oxygens (including phenoxy) is 2. The van der Waals surface area contributed by atoms with Crippen molar-refractivity contribution in [2.24, 2.45) is 0 Å². The highest BCUT2D eigenvalue weighted by Gasteiger charge is 2.42. The summed E-state index contributed by atoms with van der Waals surface area (Å²) < 4.78 is 12.8. The topological polar surface area (TPSA) is 34.6 Å². The summed E-state index contributed by atoms with van der Waals surface area (Å²) >= 11 is 3.46. The van der Waals surface area contributed by atoms with Crippen LogP contribution in [0.2, 0.25) is 0 Å². The second-order valence-corrected chi connectivity index (χ2v) is 5.91. The minimum absolute atomic E-state index is 0.226. The van der Waals surface area contributed by atoms with Crippen LogP contribution < -0.4 is 4.90 Å². The van der Waals surface area contributed by atoms with Crippen LogP contribution in [0.1, 0.15) is 19.8 Å². The minimum Gasteiger partial charge on any atom is -0.370 e. The molecule has 1 aromatic heterocycles. The van der Waals surface area contributed by atoms with Gasteiger partial charge in [0.1, 0.15) is 0 Å². The van der Waals surface area contributed by atoms with Gasteiger partial charge in [-0.15, -0.1) is 0 Å². The molecule has 0 aromatic carbocycles. The van der Waals surface area contributed by atoms with Crippen molar-refractivity contribution in [2.45, 2.75) is 31.7 Å². The Hall–Kier alpha value is -0.650. The van der Waals surface area contributed by atoms with Gasteiger partial charge in [-0.05, 0) is 28.9 Å². The molecule has 0 saturated carbocycles. The molecule has 1 aromatic rings. The van der Waals surface area contributed by atoms with Gasteiger partial charge >= 0.3 is 0 Å². The van der Waals surface area contributed by atoms with Crippen molar-refractivity contribution in [3.8, 4) is 0 Å². The first-order valence-electron chi connectivity index (χ1n) is 6.34. The van der Waals surface area contributed by atoms with Crippen molar-refractivity contribution >= 4 is 21.6 Å². The normalized spacial score (nSPS) is 26.8. The maximum atomic E-state index is 5.92. The maximum Gasteiger partial charge on any atom is 0.172 e. The third kappa shape index (κ3) is 2.39. The quantitative estimate of drug-likeness (QED) is 0.798. The van der Waals surface area contributed by atoms with Crippen LogP contribution in [0.3, 0.4) is 0 Å². The van der Waals surface area contributed by atoms with Gasteiger partial charge in [0.15, 0.2) is 5.79 Å². The lowest BCUT2D eigenvalue weighted by atomic mass is 10.0. The van der Waals surface area contributed by atoms with Gasteiger partial charge in [0, 0.05) is 36.6 Å². The van der Waals surface area contributed by atoms with Crippen molar-refractivity contribution in [1.29, 1.82) is 0 Å². The van der Waals surface area contributed by atoms with Gasteiger partial charge < -0.3 is 14.4 Å². The van der Waals surface area contributed by atoms with Crippen LogP contribution >= 0.6 is 15.9 Å². The molecule has 0 bridgehead atoms. The highest BCUT2D eigenvalue weighted by atomic mass is 79.9. The number of rotatable bonds is 1. The summed E-state index contributed by atoms with van der Waals surface area (Å²) in [6.45, 7) is 4.69. The molecule has 0 N–H and O–H groups in total. The third-order valence-corrected chi connectivity index (χ3v) is 4.01. The van der Waals surface area contributed by atoms with E-state index in [1.54, 1.807) is 6.20 Å². The molecular formula is C13H17BrN2O2. The summed E-state index contributed by atoms with van der Waals surface area (Å²) in [5.41, 5.74) is 1.16. The van der Waals surface area contributed by atoms with Gasteiger partial charge in [-0.3, -0.25) is 4.98 Å². The molecular weight excluding hydrogens is 296 g/mol. The number of hydrogen-bond donors (Lipinski definition) is 0. The Bertz CT molecular complexity index is 433. The average Bonchev–Trinajstić information content (AvgIpc) is 2.72. The molecule has 0 amide bonds. The van der Waals surface area contributed by atoms with E-state index in [0.29, 0.717) is 0 Å². The Morgan fingerprint density at radius 3 is 2.78 bits per heavy atom. The zero-order valence-electron chi connectivity index (χ0n) is 10.4. The van der Waals surface area contributed by atoms with E-state index in [-0.39, 0.29) is 11.9 Å². The Labute approximate surface area is 115 Å². The van der Waals surface area contributed by atoms with Crippen LogP contribution in [-0.4, -0.2) is 36.6 Å². The van der Waals surface area contributed by atoms with Crippen LogP contribution in [0.5, 0.6) is 0 Å². The number of hydrogen-bond acceptors (Lipinski definition) is 4. The van der Waals surface area contributed by atoms with Gasteiger partial charge in [-0.2, -0.15) is 0 Å². The lowest BCUT2D eigenvalue weighted by Crippen LogP contribution is -2.45. The van der Waals surface area contributed by atoms with Gasteiger partial charge in [0.2, 0.25) is 0 Å². The number of anilines is 1. The molecule has 1 atom stereocenters. The fourth-order valence-corrected chi connectivity index (χ4v) is 3.00. The summed E-state index contributed by atoms with van der Waals surface area (Å²) in [6, 6.07) is 2.10. The second kappa shape index (κ2) is 4.79. The van der Waals surface area contributed by atoms with Crippen LogP contribution in [0.15, 0.2) is 22.9 Å². The molecule has 0 unspecified atom stereocenters. The van der Waals surface area contributed by atoms with E-state index in [1.165, 1.54) is 0 Å². The highest BCUT2D eigenvalue weighted by Crippen LogP contribution is 2.35.